The number of hydrogen-bond donors (Lipinski definition) is 3. The van der Waals surface area contributed by atoms with Gasteiger partial charge in [0.15, 0.2) is 5.76 Å². The van der Waals surface area contributed by atoms with Gasteiger partial charge >= 0.3 is 0 Å². The monoisotopic (exact) mass is 529 g/mol. The van der Waals surface area contributed by atoms with Gasteiger partial charge in [0.05, 0.1) is 12.4 Å². The quantitative estimate of drug-likeness (QED) is 0.425. The van der Waals surface area contributed by atoms with Gasteiger partial charge in [-0.1, -0.05) is 26.2 Å². The van der Waals surface area contributed by atoms with E-state index in [2.05, 4.69) is 32.7 Å². The van der Waals surface area contributed by atoms with E-state index in [9.17, 15) is 14.4 Å². The number of hydrogen-bond acceptors (Lipinski definition) is 6. The van der Waals surface area contributed by atoms with E-state index in [1.165, 1.54) is 0 Å². The Morgan fingerprint density at radius 1 is 1.08 bits per heavy atom. The molecule has 3 amide bonds. The summed E-state index contributed by atoms with van der Waals surface area (Å²) in [7, 11) is 3.24. The number of amides is 3. The van der Waals surface area contributed by atoms with Crippen LogP contribution in [0.5, 0.6) is 0 Å². The highest BCUT2D eigenvalue weighted by atomic mass is 16.3. The zero-order chi connectivity index (χ0) is 27.1. The van der Waals surface area contributed by atoms with Crippen LogP contribution in [-0.4, -0.2) is 80.0 Å². The summed E-state index contributed by atoms with van der Waals surface area (Å²) >= 11 is 0. The second-order valence-corrected chi connectivity index (χ2v) is 11.7. The zero-order valence-electron chi connectivity index (χ0n) is 23.5. The Labute approximate surface area is 227 Å². The molecule has 0 radical (unpaired) electrons. The maximum absolute atomic E-state index is 13.5. The van der Waals surface area contributed by atoms with Crippen molar-refractivity contribution in [2.24, 2.45) is 17.3 Å². The van der Waals surface area contributed by atoms with Gasteiger partial charge in [0, 0.05) is 33.2 Å². The van der Waals surface area contributed by atoms with Crippen molar-refractivity contribution in [1.29, 1.82) is 0 Å². The summed E-state index contributed by atoms with van der Waals surface area (Å²) in [6.07, 6.45) is 11.4. The molecular formula is C29H47N5O4. The van der Waals surface area contributed by atoms with E-state index in [4.69, 9.17) is 4.42 Å². The molecular weight excluding hydrogens is 482 g/mol. The first-order chi connectivity index (χ1) is 18.4. The van der Waals surface area contributed by atoms with Crippen molar-refractivity contribution in [3.05, 3.63) is 24.2 Å². The molecule has 1 aromatic heterocycles. The van der Waals surface area contributed by atoms with E-state index < -0.39 is 5.92 Å². The largest absolute Gasteiger partial charge is 0.459 e. The molecule has 9 heteroatoms. The maximum atomic E-state index is 13.5. The average Bonchev–Trinajstić information content (AvgIpc) is 3.49. The molecule has 1 aromatic rings. The lowest BCUT2D eigenvalue weighted by molar-refractivity contribution is -0.142. The number of furan rings is 1. The van der Waals surface area contributed by atoms with Crippen LogP contribution in [0.25, 0.3) is 0 Å². The number of carbonyl (C=O) groups excluding carboxylic acids is 3. The van der Waals surface area contributed by atoms with Gasteiger partial charge in [0.25, 0.3) is 5.91 Å². The number of carbonyl (C=O) groups is 3. The third-order valence-corrected chi connectivity index (χ3v) is 9.29. The van der Waals surface area contributed by atoms with Crippen LogP contribution in [0, 0.1) is 17.3 Å². The van der Waals surface area contributed by atoms with Gasteiger partial charge in [-0.25, -0.2) is 0 Å². The fourth-order valence-corrected chi connectivity index (χ4v) is 7.02. The minimum Gasteiger partial charge on any atom is -0.459 e. The fourth-order valence-electron chi connectivity index (χ4n) is 7.02. The topological polar surface area (TPSA) is 107 Å². The second kappa shape index (κ2) is 13.1. The zero-order valence-corrected chi connectivity index (χ0v) is 23.5. The number of likely N-dealkylation sites (tertiary alicyclic amines) is 1. The van der Waals surface area contributed by atoms with Crippen molar-refractivity contribution in [2.75, 3.05) is 40.3 Å². The summed E-state index contributed by atoms with van der Waals surface area (Å²) in [6.45, 7) is 5.83. The number of rotatable bonds is 9. The molecule has 9 nitrogen and oxygen atoms in total. The van der Waals surface area contributed by atoms with Crippen LogP contribution < -0.4 is 16.0 Å². The van der Waals surface area contributed by atoms with Crippen LogP contribution in [0.3, 0.4) is 0 Å². The van der Waals surface area contributed by atoms with Gasteiger partial charge in [-0.3, -0.25) is 19.7 Å². The van der Waals surface area contributed by atoms with Gasteiger partial charge in [0.1, 0.15) is 5.92 Å². The minimum atomic E-state index is -0.656. The number of nitrogens with zero attached hydrogens (tertiary/aromatic N) is 2. The molecule has 0 spiro atoms. The summed E-state index contributed by atoms with van der Waals surface area (Å²) in [5.41, 5.74) is -0.306. The molecule has 38 heavy (non-hydrogen) atoms. The lowest BCUT2D eigenvalue weighted by Gasteiger charge is -2.46. The first-order valence-electron chi connectivity index (χ1n) is 14.6. The van der Waals surface area contributed by atoms with Crippen LogP contribution in [-0.2, 0) is 9.59 Å². The Balaban J connectivity index is 1.41. The van der Waals surface area contributed by atoms with Crippen molar-refractivity contribution >= 4 is 17.7 Å². The fraction of sp³-hybridized carbons (Fsp3) is 0.759. The lowest BCUT2D eigenvalue weighted by Crippen LogP contribution is -2.58. The molecule has 4 rings (SSSR count). The molecule has 2 unspecified atom stereocenters. The van der Waals surface area contributed by atoms with Crippen LogP contribution in [0.2, 0.25) is 0 Å². The SMILES string of the molecule is CNC(=O)C(C(=O)NC)C1(CCN2CCC(N(C(=O)c3ccco3)C3CCC(C)CN3)CC2)CCCCC1. The van der Waals surface area contributed by atoms with Crippen molar-refractivity contribution < 1.29 is 18.8 Å². The van der Waals surface area contributed by atoms with Crippen LogP contribution in [0.15, 0.2) is 22.8 Å². The summed E-state index contributed by atoms with van der Waals surface area (Å²) in [5.74, 6) is -0.00874. The molecule has 3 N–H and O–H groups in total. The number of nitrogens with one attached hydrogen (secondary N) is 3. The third kappa shape index (κ3) is 6.42. The summed E-state index contributed by atoms with van der Waals surface area (Å²) in [4.78, 5) is 43.8. The van der Waals surface area contributed by atoms with E-state index in [0.29, 0.717) is 11.7 Å². The number of piperidine rings is 2. The van der Waals surface area contributed by atoms with E-state index in [0.717, 1.165) is 90.4 Å². The third-order valence-electron chi connectivity index (χ3n) is 9.29. The molecule has 2 atom stereocenters. The highest BCUT2D eigenvalue weighted by Gasteiger charge is 2.47. The Hall–Kier alpha value is -2.39. The van der Waals surface area contributed by atoms with Crippen molar-refractivity contribution in [2.45, 2.75) is 83.3 Å². The second-order valence-electron chi connectivity index (χ2n) is 11.7. The molecule has 2 aliphatic heterocycles. The normalized spacial score (nSPS) is 24.6. The standard InChI is InChI=1S/C29H47N5O4/c1-21-9-10-24(32-20-21)34(28(37)23-8-7-19-38-23)22-11-16-33(17-12-22)18-15-29(13-5-4-6-14-29)25(26(35)30-2)27(36)31-3/h7-8,19,21-22,24-25,32H,4-6,9-18,20H2,1-3H3,(H,30,35)(H,31,36). The summed E-state index contributed by atoms with van der Waals surface area (Å²) in [6, 6.07) is 3.69. The summed E-state index contributed by atoms with van der Waals surface area (Å²) < 4.78 is 5.50. The van der Waals surface area contributed by atoms with Gasteiger partial charge in [0.2, 0.25) is 11.8 Å². The van der Waals surface area contributed by atoms with E-state index in [-0.39, 0.29) is 35.3 Å². The first kappa shape index (κ1) is 28.6. The minimum absolute atomic E-state index is 0.0272. The molecule has 1 aliphatic carbocycles. The van der Waals surface area contributed by atoms with Crippen molar-refractivity contribution in [3.63, 3.8) is 0 Å². The smallest absolute Gasteiger partial charge is 0.291 e. The lowest BCUT2D eigenvalue weighted by atomic mass is 9.63. The Bertz CT molecular complexity index is 897. The van der Waals surface area contributed by atoms with Crippen molar-refractivity contribution in [3.8, 4) is 0 Å². The maximum Gasteiger partial charge on any atom is 0.291 e. The Kier molecular flexibility index (Phi) is 9.87. The van der Waals surface area contributed by atoms with E-state index >= 15 is 0 Å². The molecule has 212 valence electrons. The molecule has 1 saturated carbocycles. The average molecular weight is 530 g/mol. The van der Waals surface area contributed by atoms with Gasteiger partial charge in [-0.2, -0.15) is 0 Å². The summed E-state index contributed by atoms with van der Waals surface area (Å²) in [5, 5.41) is 9.11. The molecule has 3 fully saturated rings. The predicted octanol–water partition coefficient (Wildman–Crippen LogP) is 2.98. The molecule has 0 bridgehead atoms. The Morgan fingerprint density at radius 3 is 2.32 bits per heavy atom. The van der Waals surface area contributed by atoms with Gasteiger partial charge in [-0.05, 0) is 81.5 Å². The van der Waals surface area contributed by atoms with Crippen LogP contribution >= 0.6 is 0 Å². The highest BCUT2D eigenvalue weighted by Crippen LogP contribution is 2.46. The molecule has 3 heterocycles. The van der Waals surface area contributed by atoms with Gasteiger partial charge < -0.3 is 24.9 Å². The molecule has 2 saturated heterocycles. The molecule has 0 aromatic carbocycles. The highest BCUT2D eigenvalue weighted by molar-refractivity contribution is 6.01. The first-order valence-corrected chi connectivity index (χ1v) is 14.6. The molecule has 3 aliphatic rings. The van der Waals surface area contributed by atoms with Gasteiger partial charge in [-0.15, -0.1) is 0 Å². The van der Waals surface area contributed by atoms with Crippen LogP contribution in [0.1, 0.15) is 81.7 Å². The van der Waals surface area contributed by atoms with Crippen molar-refractivity contribution in [1.82, 2.24) is 25.8 Å². The predicted molar refractivity (Wildman–Crippen MR) is 146 cm³/mol. The van der Waals surface area contributed by atoms with Crippen LogP contribution in [0.4, 0.5) is 0 Å². The Morgan fingerprint density at radius 2 is 1.76 bits per heavy atom. The van der Waals surface area contributed by atoms with E-state index in [1.54, 1.807) is 32.5 Å². The van der Waals surface area contributed by atoms with E-state index in [1.807, 2.05) is 0 Å².